The van der Waals surface area contributed by atoms with Crippen molar-refractivity contribution in [3.8, 4) is 22.8 Å². The van der Waals surface area contributed by atoms with Gasteiger partial charge >= 0.3 is 6.09 Å². The zero-order valence-corrected chi connectivity index (χ0v) is 28.0. The normalized spacial score (nSPS) is 11.8. The lowest BCUT2D eigenvalue weighted by atomic mass is 9.77. The Labute approximate surface area is 289 Å². The number of hydrogen-bond acceptors (Lipinski definition) is 6. The summed E-state index contributed by atoms with van der Waals surface area (Å²) in [7, 11) is 0. The molecule has 10 heteroatoms. The minimum atomic E-state index is -0.921. The Balaban J connectivity index is 1.38. The van der Waals surface area contributed by atoms with E-state index >= 15 is 0 Å². The predicted octanol–water partition coefficient (Wildman–Crippen LogP) is 7.93. The lowest BCUT2D eigenvalue weighted by molar-refractivity contribution is 0.0528. The number of ether oxygens (including phenoxy) is 1. The van der Waals surface area contributed by atoms with E-state index in [4.69, 9.17) is 14.8 Å². The van der Waals surface area contributed by atoms with E-state index in [1.165, 1.54) is 12.1 Å². The minimum absolute atomic E-state index is 0.313. The fourth-order valence-corrected chi connectivity index (χ4v) is 6.23. The van der Waals surface area contributed by atoms with Crippen molar-refractivity contribution in [2.24, 2.45) is 0 Å². The molecule has 4 aromatic carbocycles. The molecular formula is C40H36FN7O2. The quantitative estimate of drug-likeness (QED) is 0.152. The lowest BCUT2D eigenvalue weighted by Gasteiger charge is -2.37. The maximum atomic E-state index is 14.8. The van der Waals surface area contributed by atoms with Crippen LogP contribution >= 0.6 is 0 Å². The highest BCUT2D eigenvalue weighted by molar-refractivity contribution is 5.92. The number of fused-ring (bicyclic) bond motifs is 1. The molecule has 0 aliphatic heterocycles. The largest absolute Gasteiger partial charge is 0.444 e. The molecule has 2 N–H and O–H groups in total. The summed E-state index contributed by atoms with van der Waals surface area (Å²) in [6, 6.07) is 41.0. The van der Waals surface area contributed by atoms with E-state index in [0.717, 1.165) is 22.2 Å². The zero-order valence-electron chi connectivity index (χ0n) is 28.0. The summed E-state index contributed by atoms with van der Waals surface area (Å²) in [5.74, 6) is 0.591. The zero-order chi connectivity index (χ0) is 34.7. The number of aromatic nitrogens is 6. The van der Waals surface area contributed by atoms with E-state index in [1.54, 1.807) is 6.07 Å². The van der Waals surface area contributed by atoms with E-state index < -0.39 is 17.2 Å². The van der Waals surface area contributed by atoms with Crippen molar-refractivity contribution in [2.45, 2.75) is 38.3 Å². The summed E-state index contributed by atoms with van der Waals surface area (Å²) in [6.07, 6.45) is -0.0850. The molecule has 0 fully saturated rings. The molecule has 0 unspecified atom stereocenters. The third kappa shape index (κ3) is 6.35. The molecule has 0 spiro atoms. The van der Waals surface area contributed by atoms with E-state index in [0.29, 0.717) is 47.1 Å². The van der Waals surface area contributed by atoms with Crippen molar-refractivity contribution in [2.75, 3.05) is 6.54 Å². The van der Waals surface area contributed by atoms with Gasteiger partial charge in [-0.2, -0.15) is 10.2 Å². The highest BCUT2D eigenvalue weighted by atomic mass is 19.1. The van der Waals surface area contributed by atoms with Crippen LogP contribution in [-0.2, 0) is 16.7 Å². The van der Waals surface area contributed by atoms with Gasteiger partial charge in [-0.25, -0.2) is 23.8 Å². The number of halogens is 1. The molecule has 7 rings (SSSR count). The summed E-state index contributed by atoms with van der Waals surface area (Å²) < 4.78 is 22.1. The molecule has 0 bridgehead atoms. The number of alkyl carbamates (subject to hydrolysis) is 1. The Morgan fingerprint density at radius 2 is 1.42 bits per heavy atom. The van der Waals surface area contributed by atoms with Crippen molar-refractivity contribution in [1.82, 2.24) is 35.3 Å². The fourth-order valence-electron chi connectivity index (χ4n) is 6.23. The van der Waals surface area contributed by atoms with Crippen LogP contribution in [0.25, 0.3) is 33.8 Å². The van der Waals surface area contributed by atoms with Gasteiger partial charge < -0.3 is 10.1 Å². The van der Waals surface area contributed by atoms with Crippen LogP contribution in [0.2, 0.25) is 0 Å². The number of nitrogens with one attached hydrogen (secondary N) is 2. The van der Waals surface area contributed by atoms with Gasteiger partial charge in [0.2, 0.25) is 0 Å². The summed E-state index contributed by atoms with van der Waals surface area (Å²) in [4.78, 5) is 21.8. The minimum Gasteiger partial charge on any atom is -0.444 e. The molecule has 9 nitrogen and oxygen atoms in total. The number of carbonyl (C=O) groups excluding carboxylic acids is 1. The van der Waals surface area contributed by atoms with Gasteiger partial charge in [-0.3, -0.25) is 5.10 Å². The van der Waals surface area contributed by atoms with Crippen molar-refractivity contribution in [3.63, 3.8) is 0 Å². The molecular weight excluding hydrogens is 629 g/mol. The first-order chi connectivity index (χ1) is 24.2. The SMILES string of the molecule is CC(C)(C)OC(=O)NCCc1nc(-c2ccc3c(n2)c(-c2cccc(F)c2)nn3C(c2ccccc2)(c2ccccc2)c2ccccc2)n[nH]1. The summed E-state index contributed by atoms with van der Waals surface area (Å²) in [6.45, 7) is 5.75. The first-order valence-electron chi connectivity index (χ1n) is 16.4. The van der Waals surface area contributed by atoms with Crippen molar-refractivity contribution >= 4 is 17.1 Å². The number of hydrogen-bond donors (Lipinski definition) is 2. The van der Waals surface area contributed by atoms with Crippen LogP contribution in [0, 0.1) is 5.82 Å². The molecule has 0 saturated heterocycles. The van der Waals surface area contributed by atoms with Gasteiger partial charge in [0.15, 0.2) is 5.82 Å². The van der Waals surface area contributed by atoms with Gasteiger partial charge in [0, 0.05) is 18.5 Å². The third-order valence-corrected chi connectivity index (χ3v) is 8.31. The molecule has 3 aromatic heterocycles. The van der Waals surface area contributed by atoms with Crippen LogP contribution in [-0.4, -0.2) is 48.2 Å². The Morgan fingerprint density at radius 3 is 2.00 bits per heavy atom. The van der Waals surface area contributed by atoms with Crippen molar-refractivity contribution in [3.05, 3.63) is 156 Å². The standard InChI is InChI=1S/C40H36FN7O2/c1-39(2,3)50-38(49)42-25-24-34-44-37(46-45-34)32-22-23-33-36(43-32)35(27-14-13-21-31(41)26-27)47-48(33)40(28-15-7-4-8-16-28,29-17-9-5-10-18-29)30-19-11-6-12-20-30/h4-23,26H,24-25H2,1-3H3,(H,42,49)(H,44,45,46). The number of aromatic amines is 1. The maximum absolute atomic E-state index is 14.8. The average molecular weight is 666 g/mol. The predicted molar refractivity (Wildman–Crippen MR) is 191 cm³/mol. The van der Waals surface area contributed by atoms with Crippen LogP contribution in [0.3, 0.4) is 0 Å². The smallest absolute Gasteiger partial charge is 0.407 e. The number of rotatable bonds is 9. The Hall–Kier alpha value is -6.16. The van der Waals surface area contributed by atoms with Gasteiger partial charge in [0.1, 0.15) is 39.7 Å². The Bertz CT molecular complexity index is 2150. The third-order valence-electron chi connectivity index (χ3n) is 8.31. The second-order valence-electron chi connectivity index (χ2n) is 12.9. The fraction of sp³-hybridized carbons (Fsp3) is 0.175. The second-order valence-corrected chi connectivity index (χ2v) is 12.9. The van der Waals surface area contributed by atoms with Crippen LogP contribution in [0.1, 0.15) is 43.3 Å². The maximum Gasteiger partial charge on any atom is 0.407 e. The topological polar surface area (TPSA) is 111 Å². The summed E-state index contributed by atoms with van der Waals surface area (Å²) in [5.41, 5.74) is 4.41. The summed E-state index contributed by atoms with van der Waals surface area (Å²) in [5, 5.41) is 15.4. The second kappa shape index (κ2) is 13.4. The van der Waals surface area contributed by atoms with E-state index in [1.807, 2.05) is 98.2 Å². The highest BCUT2D eigenvalue weighted by Gasteiger charge is 2.41. The lowest BCUT2D eigenvalue weighted by Crippen LogP contribution is -2.38. The molecule has 0 atom stereocenters. The van der Waals surface area contributed by atoms with Gasteiger partial charge in [0.25, 0.3) is 0 Å². The molecule has 0 aliphatic rings. The molecule has 7 aromatic rings. The van der Waals surface area contributed by atoms with Crippen molar-refractivity contribution < 1.29 is 13.9 Å². The molecule has 0 saturated carbocycles. The number of H-pyrrole nitrogens is 1. The average Bonchev–Trinajstić information content (AvgIpc) is 3.75. The van der Waals surface area contributed by atoms with Gasteiger partial charge in [-0.05, 0) is 61.7 Å². The number of pyridine rings is 1. The number of benzene rings is 4. The van der Waals surface area contributed by atoms with Crippen LogP contribution in [0.4, 0.5) is 9.18 Å². The first-order valence-corrected chi connectivity index (χ1v) is 16.4. The molecule has 250 valence electrons. The number of nitrogens with zero attached hydrogens (tertiary/aromatic N) is 5. The van der Waals surface area contributed by atoms with Gasteiger partial charge in [0.05, 0.1) is 5.52 Å². The van der Waals surface area contributed by atoms with E-state index in [-0.39, 0.29) is 5.82 Å². The van der Waals surface area contributed by atoms with Crippen LogP contribution < -0.4 is 5.32 Å². The van der Waals surface area contributed by atoms with Crippen LogP contribution in [0.5, 0.6) is 0 Å². The van der Waals surface area contributed by atoms with Gasteiger partial charge in [-0.1, -0.05) is 103 Å². The van der Waals surface area contributed by atoms with Gasteiger partial charge in [-0.15, -0.1) is 0 Å². The van der Waals surface area contributed by atoms with Crippen LogP contribution in [0.15, 0.2) is 127 Å². The number of amides is 1. The van der Waals surface area contributed by atoms with E-state index in [9.17, 15) is 9.18 Å². The molecule has 3 heterocycles. The Morgan fingerprint density at radius 1 is 0.800 bits per heavy atom. The highest BCUT2D eigenvalue weighted by Crippen LogP contribution is 2.44. The summed E-state index contributed by atoms with van der Waals surface area (Å²) >= 11 is 0. The molecule has 1 amide bonds. The monoisotopic (exact) mass is 665 g/mol. The first kappa shape index (κ1) is 32.4. The molecule has 0 aliphatic carbocycles. The van der Waals surface area contributed by atoms with Crippen molar-refractivity contribution in [1.29, 1.82) is 0 Å². The molecule has 50 heavy (non-hydrogen) atoms. The molecule has 0 radical (unpaired) electrons. The number of carbonyl (C=O) groups is 1. The van der Waals surface area contributed by atoms with E-state index in [2.05, 4.69) is 56.9 Å². The Kier molecular flexibility index (Phi) is 8.67.